The Morgan fingerprint density at radius 2 is 2.21 bits per heavy atom. The van der Waals surface area contributed by atoms with Crippen molar-refractivity contribution in [1.82, 2.24) is 4.90 Å². The molecule has 4 heteroatoms. The van der Waals surface area contributed by atoms with Crippen molar-refractivity contribution < 1.29 is 4.79 Å². The molecule has 0 aliphatic rings. The molecular weight excluding hydrogens is 178 g/mol. The Bertz CT molecular complexity index is 222. The highest BCUT2D eigenvalue weighted by atomic mass is 16.2. The number of nitriles is 1. The summed E-state index contributed by atoms with van der Waals surface area (Å²) in [5.41, 5.74) is 5.67. The highest BCUT2D eigenvalue weighted by Gasteiger charge is 2.18. The van der Waals surface area contributed by atoms with Crippen molar-refractivity contribution in [3.05, 3.63) is 0 Å². The zero-order chi connectivity index (χ0) is 11.1. The van der Waals surface area contributed by atoms with Crippen LogP contribution in [0.3, 0.4) is 0 Å². The summed E-state index contributed by atoms with van der Waals surface area (Å²) in [5, 5.41) is 8.59. The summed E-state index contributed by atoms with van der Waals surface area (Å²) in [6, 6.07) is 1.67. The zero-order valence-corrected chi connectivity index (χ0v) is 9.16. The van der Waals surface area contributed by atoms with Crippen molar-refractivity contribution in [3.63, 3.8) is 0 Å². The molecule has 0 fully saturated rings. The average Bonchev–Trinajstić information content (AvgIpc) is 2.16. The highest BCUT2D eigenvalue weighted by Crippen LogP contribution is 2.01. The second kappa shape index (κ2) is 6.39. The van der Waals surface area contributed by atoms with Crippen molar-refractivity contribution in [2.75, 3.05) is 13.6 Å². The fraction of sp³-hybridized carbons (Fsp3) is 0.800. The molecule has 0 saturated carbocycles. The quantitative estimate of drug-likeness (QED) is 0.706. The van der Waals surface area contributed by atoms with Gasteiger partial charge < -0.3 is 10.6 Å². The fourth-order valence-electron chi connectivity index (χ4n) is 1.26. The first-order chi connectivity index (χ1) is 6.52. The lowest BCUT2D eigenvalue weighted by Crippen LogP contribution is -2.43. The Morgan fingerprint density at radius 1 is 1.64 bits per heavy atom. The second-order valence-corrected chi connectivity index (χ2v) is 3.64. The summed E-state index contributed by atoms with van der Waals surface area (Å²) < 4.78 is 0. The van der Waals surface area contributed by atoms with Crippen LogP contribution in [-0.2, 0) is 4.79 Å². The van der Waals surface area contributed by atoms with E-state index in [1.54, 1.807) is 14.0 Å². The maximum atomic E-state index is 11.6. The van der Waals surface area contributed by atoms with E-state index in [2.05, 4.69) is 6.07 Å². The van der Waals surface area contributed by atoms with Crippen LogP contribution >= 0.6 is 0 Å². The van der Waals surface area contributed by atoms with E-state index < -0.39 is 6.04 Å². The van der Waals surface area contributed by atoms with Crippen LogP contribution in [0, 0.1) is 17.2 Å². The lowest BCUT2D eigenvalue weighted by Gasteiger charge is -2.21. The van der Waals surface area contributed by atoms with Gasteiger partial charge in [-0.1, -0.05) is 13.3 Å². The Balaban J connectivity index is 4.06. The predicted octanol–water partition coefficient (Wildman–Crippen LogP) is 0.732. The van der Waals surface area contributed by atoms with Crippen LogP contribution < -0.4 is 5.73 Å². The monoisotopic (exact) mass is 197 g/mol. The van der Waals surface area contributed by atoms with E-state index in [9.17, 15) is 4.79 Å². The third kappa shape index (κ3) is 4.24. The summed E-state index contributed by atoms with van der Waals surface area (Å²) in [6.07, 6.45) is 1.60. The molecule has 1 amide bonds. The number of amides is 1. The number of likely N-dealkylation sites (N-methyl/N-ethyl adjacent to an activating group) is 1. The molecule has 2 atom stereocenters. The van der Waals surface area contributed by atoms with Gasteiger partial charge in [0, 0.05) is 13.6 Å². The fourth-order valence-corrected chi connectivity index (χ4v) is 1.26. The topological polar surface area (TPSA) is 70.1 Å². The molecule has 0 aliphatic carbocycles. The lowest BCUT2D eigenvalue weighted by molar-refractivity contribution is -0.131. The Labute approximate surface area is 85.7 Å². The minimum Gasteiger partial charge on any atom is -0.343 e. The molecule has 0 aromatic carbocycles. The first-order valence-electron chi connectivity index (χ1n) is 4.93. The van der Waals surface area contributed by atoms with Gasteiger partial charge in [-0.05, 0) is 13.3 Å². The minimum absolute atomic E-state index is 0.0750. The standard InChI is InChI=1S/C10H19N3O/c1-4-5-9(12)10(14)13(3)7-8(2)6-11/h8-9H,4-5,7,12H2,1-3H3. The van der Waals surface area contributed by atoms with Crippen molar-refractivity contribution in [2.45, 2.75) is 32.7 Å². The largest absolute Gasteiger partial charge is 0.343 e. The van der Waals surface area contributed by atoms with E-state index in [0.29, 0.717) is 13.0 Å². The molecule has 0 aromatic heterocycles. The number of rotatable bonds is 5. The number of carbonyl (C=O) groups excluding carboxylic acids is 1. The third-order valence-electron chi connectivity index (χ3n) is 2.06. The van der Waals surface area contributed by atoms with Gasteiger partial charge in [-0.2, -0.15) is 5.26 Å². The van der Waals surface area contributed by atoms with Crippen LogP contribution in [0.4, 0.5) is 0 Å². The molecule has 4 nitrogen and oxygen atoms in total. The molecule has 0 saturated heterocycles. The molecule has 2 N–H and O–H groups in total. The average molecular weight is 197 g/mol. The SMILES string of the molecule is CCCC(N)C(=O)N(C)CC(C)C#N. The number of carbonyl (C=O) groups is 1. The number of nitrogens with zero attached hydrogens (tertiary/aromatic N) is 2. The van der Waals surface area contributed by atoms with Gasteiger partial charge in [0.1, 0.15) is 0 Å². The van der Waals surface area contributed by atoms with Gasteiger partial charge in [-0.3, -0.25) is 4.79 Å². The van der Waals surface area contributed by atoms with Crippen LogP contribution in [0.1, 0.15) is 26.7 Å². The molecule has 0 radical (unpaired) electrons. The molecule has 0 rings (SSSR count). The smallest absolute Gasteiger partial charge is 0.239 e. The van der Waals surface area contributed by atoms with E-state index in [1.165, 1.54) is 4.90 Å². The van der Waals surface area contributed by atoms with Gasteiger partial charge in [0.25, 0.3) is 0 Å². The molecule has 2 unspecified atom stereocenters. The highest BCUT2D eigenvalue weighted by molar-refractivity contribution is 5.81. The molecule has 0 aliphatic heterocycles. The summed E-state index contributed by atoms with van der Waals surface area (Å²) in [4.78, 5) is 13.1. The van der Waals surface area contributed by atoms with Crippen LogP contribution in [0.15, 0.2) is 0 Å². The molecular formula is C10H19N3O. The summed E-state index contributed by atoms with van der Waals surface area (Å²) >= 11 is 0. The van der Waals surface area contributed by atoms with Gasteiger partial charge in [0.15, 0.2) is 0 Å². The molecule has 80 valence electrons. The Kier molecular flexibility index (Phi) is 5.89. The van der Waals surface area contributed by atoms with E-state index in [1.807, 2.05) is 6.92 Å². The summed E-state index contributed by atoms with van der Waals surface area (Å²) in [6.45, 7) is 4.23. The molecule has 0 aromatic rings. The predicted molar refractivity (Wildman–Crippen MR) is 55.3 cm³/mol. The van der Waals surface area contributed by atoms with Gasteiger partial charge in [0.05, 0.1) is 18.0 Å². The third-order valence-corrected chi connectivity index (χ3v) is 2.06. The Morgan fingerprint density at radius 3 is 2.64 bits per heavy atom. The number of hydrogen-bond donors (Lipinski definition) is 1. The van der Waals surface area contributed by atoms with Gasteiger partial charge >= 0.3 is 0 Å². The van der Waals surface area contributed by atoms with Crippen molar-refractivity contribution in [3.8, 4) is 6.07 Å². The van der Waals surface area contributed by atoms with Crippen LogP contribution in [-0.4, -0.2) is 30.4 Å². The number of nitrogens with two attached hydrogens (primary N) is 1. The van der Waals surface area contributed by atoms with E-state index in [-0.39, 0.29) is 11.8 Å². The van der Waals surface area contributed by atoms with E-state index in [4.69, 9.17) is 11.0 Å². The van der Waals surface area contributed by atoms with Crippen LogP contribution in [0.2, 0.25) is 0 Å². The Hall–Kier alpha value is -1.08. The van der Waals surface area contributed by atoms with Gasteiger partial charge in [-0.15, -0.1) is 0 Å². The molecule has 14 heavy (non-hydrogen) atoms. The van der Waals surface area contributed by atoms with E-state index in [0.717, 1.165) is 6.42 Å². The normalized spacial score (nSPS) is 14.2. The summed E-state index contributed by atoms with van der Waals surface area (Å²) in [5.74, 6) is -0.216. The van der Waals surface area contributed by atoms with Crippen LogP contribution in [0.25, 0.3) is 0 Å². The van der Waals surface area contributed by atoms with Crippen molar-refractivity contribution in [2.24, 2.45) is 11.7 Å². The van der Waals surface area contributed by atoms with Crippen molar-refractivity contribution in [1.29, 1.82) is 5.26 Å². The van der Waals surface area contributed by atoms with Gasteiger partial charge in [0.2, 0.25) is 5.91 Å². The van der Waals surface area contributed by atoms with Crippen molar-refractivity contribution >= 4 is 5.91 Å². The number of hydrogen-bond acceptors (Lipinski definition) is 3. The summed E-state index contributed by atoms with van der Waals surface area (Å²) in [7, 11) is 1.69. The molecule has 0 heterocycles. The lowest BCUT2D eigenvalue weighted by atomic mass is 10.1. The zero-order valence-electron chi connectivity index (χ0n) is 9.16. The molecule has 0 spiro atoms. The van der Waals surface area contributed by atoms with E-state index >= 15 is 0 Å². The van der Waals surface area contributed by atoms with Crippen LogP contribution in [0.5, 0.6) is 0 Å². The first-order valence-corrected chi connectivity index (χ1v) is 4.93. The van der Waals surface area contributed by atoms with Gasteiger partial charge in [-0.25, -0.2) is 0 Å². The maximum absolute atomic E-state index is 11.6. The first kappa shape index (κ1) is 12.9. The molecule has 0 bridgehead atoms. The second-order valence-electron chi connectivity index (χ2n) is 3.64. The minimum atomic E-state index is -0.420. The maximum Gasteiger partial charge on any atom is 0.239 e.